The largest absolute Gasteiger partial charge is 0.509 e. The van der Waals surface area contributed by atoms with Gasteiger partial charge in [0.1, 0.15) is 29.3 Å². The van der Waals surface area contributed by atoms with Gasteiger partial charge in [0.05, 0.1) is 6.04 Å². The Labute approximate surface area is 239 Å². The third-order valence-corrected chi connectivity index (χ3v) is 6.42. The summed E-state index contributed by atoms with van der Waals surface area (Å²) in [6.45, 7) is 5.54. The van der Waals surface area contributed by atoms with Crippen molar-refractivity contribution in [3.63, 3.8) is 0 Å². The first kappa shape index (κ1) is 29.4. The summed E-state index contributed by atoms with van der Waals surface area (Å²) in [5.41, 5.74) is 1.51. The summed E-state index contributed by atoms with van der Waals surface area (Å²) in [4.78, 5) is 38.5. The molecule has 1 aliphatic rings. The predicted octanol–water partition coefficient (Wildman–Crippen LogP) is 5.64. The van der Waals surface area contributed by atoms with Crippen LogP contribution in [0.2, 0.25) is 0 Å². The number of carbonyl (C=O) groups is 3. The maximum atomic E-state index is 13.2. The highest BCUT2D eigenvalue weighted by atomic mass is 16.6. The lowest BCUT2D eigenvalue weighted by Crippen LogP contribution is -2.42. The lowest BCUT2D eigenvalue weighted by Gasteiger charge is -2.24. The van der Waals surface area contributed by atoms with Crippen LogP contribution < -0.4 is 10.1 Å². The second-order valence-electron chi connectivity index (χ2n) is 10.9. The van der Waals surface area contributed by atoms with Crippen LogP contribution in [0.1, 0.15) is 43.9 Å². The van der Waals surface area contributed by atoms with Gasteiger partial charge < -0.3 is 24.6 Å². The van der Waals surface area contributed by atoms with Crippen LogP contribution in [0.3, 0.4) is 0 Å². The second kappa shape index (κ2) is 13.2. The molecule has 0 aliphatic carbocycles. The van der Waals surface area contributed by atoms with Gasteiger partial charge in [-0.2, -0.15) is 0 Å². The number of ether oxygens (including phenoxy) is 3. The van der Waals surface area contributed by atoms with Crippen molar-refractivity contribution in [2.75, 3.05) is 0 Å². The van der Waals surface area contributed by atoms with E-state index in [-0.39, 0.29) is 12.8 Å². The van der Waals surface area contributed by atoms with E-state index in [0.29, 0.717) is 18.8 Å². The van der Waals surface area contributed by atoms with Crippen LogP contribution in [0, 0.1) is 0 Å². The molecule has 0 unspecified atom stereocenters. The Kier molecular flexibility index (Phi) is 9.45. The molecule has 41 heavy (non-hydrogen) atoms. The number of aryl methyl sites for hydroxylation is 1. The molecular weight excluding hydrogens is 522 g/mol. The fourth-order valence-electron chi connectivity index (χ4n) is 4.40. The molecule has 1 aliphatic heterocycles. The molecule has 2 N–H and O–H groups in total. The van der Waals surface area contributed by atoms with E-state index in [9.17, 15) is 19.5 Å². The highest BCUT2D eigenvalue weighted by Crippen LogP contribution is 2.26. The molecule has 1 saturated heterocycles. The Balaban J connectivity index is 1.50. The van der Waals surface area contributed by atoms with Gasteiger partial charge in [0, 0.05) is 6.42 Å². The molecule has 1 fully saturated rings. The topological polar surface area (TPSA) is 111 Å². The molecule has 0 bridgehead atoms. The molecule has 214 valence electrons. The number of cyclic esters (lactones) is 1. The molecule has 1 amide bonds. The average Bonchev–Trinajstić information content (AvgIpc) is 3.23. The van der Waals surface area contributed by atoms with E-state index in [2.05, 4.69) is 5.32 Å². The number of benzene rings is 3. The molecule has 4 rings (SSSR count). The van der Waals surface area contributed by atoms with Crippen LogP contribution >= 0.6 is 0 Å². The minimum absolute atomic E-state index is 0.0861. The zero-order valence-corrected chi connectivity index (χ0v) is 23.5. The molecule has 1 heterocycles. The van der Waals surface area contributed by atoms with E-state index < -0.39 is 46.9 Å². The Morgan fingerprint density at radius 3 is 2.12 bits per heavy atom. The maximum absolute atomic E-state index is 13.2. The number of nitrogens with one attached hydrogen (secondary N) is 1. The lowest BCUT2D eigenvalue weighted by molar-refractivity contribution is -0.141. The molecule has 0 aromatic heterocycles. The van der Waals surface area contributed by atoms with Gasteiger partial charge in [0.15, 0.2) is 6.10 Å². The summed E-state index contributed by atoms with van der Waals surface area (Å²) < 4.78 is 16.5. The molecule has 3 aromatic rings. The SMILES string of the molecule is CC(C)(C)OC(=O)N[C@H](Cc1ccc(OCc2ccccc2)cc1)C(O)=C1C(=O)O[C@@H](CCc2ccccc2)C1=O. The summed E-state index contributed by atoms with van der Waals surface area (Å²) >= 11 is 0. The van der Waals surface area contributed by atoms with Gasteiger partial charge in [0.25, 0.3) is 0 Å². The normalized spacial score (nSPS) is 17.0. The number of alkyl carbamates (subject to hydrolysis) is 1. The number of hydrogen-bond donors (Lipinski definition) is 2. The van der Waals surface area contributed by atoms with Crippen molar-refractivity contribution in [2.24, 2.45) is 0 Å². The summed E-state index contributed by atoms with van der Waals surface area (Å²) in [5.74, 6) is -1.43. The maximum Gasteiger partial charge on any atom is 0.408 e. The Bertz CT molecular complexity index is 1380. The summed E-state index contributed by atoms with van der Waals surface area (Å²) in [7, 11) is 0. The third-order valence-electron chi connectivity index (χ3n) is 6.42. The number of amides is 1. The van der Waals surface area contributed by atoms with Crippen molar-refractivity contribution in [1.82, 2.24) is 5.32 Å². The first-order valence-electron chi connectivity index (χ1n) is 13.6. The van der Waals surface area contributed by atoms with E-state index in [4.69, 9.17) is 14.2 Å². The van der Waals surface area contributed by atoms with Crippen LogP contribution in [0.25, 0.3) is 0 Å². The van der Waals surface area contributed by atoms with Gasteiger partial charge in [-0.15, -0.1) is 0 Å². The monoisotopic (exact) mass is 557 g/mol. The van der Waals surface area contributed by atoms with E-state index in [1.807, 2.05) is 60.7 Å². The first-order valence-corrected chi connectivity index (χ1v) is 13.6. The summed E-state index contributed by atoms with van der Waals surface area (Å²) in [5, 5.41) is 13.8. The van der Waals surface area contributed by atoms with Crippen molar-refractivity contribution >= 4 is 17.8 Å². The lowest BCUT2D eigenvalue weighted by atomic mass is 9.97. The van der Waals surface area contributed by atoms with Crippen LogP contribution in [0.4, 0.5) is 4.79 Å². The fourth-order valence-corrected chi connectivity index (χ4v) is 4.40. The van der Waals surface area contributed by atoms with Crippen LogP contribution in [0.5, 0.6) is 5.75 Å². The second-order valence-corrected chi connectivity index (χ2v) is 10.9. The van der Waals surface area contributed by atoms with Gasteiger partial charge in [-0.05, 0) is 62.4 Å². The standard InChI is InChI=1S/C33H35NO7/c1-33(2,3)41-32(38)34-26(20-23-14-17-25(18-15-23)39-21-24-12-8-5-9-13-24)29(35)28-30(36)27(40-31(28)37)19-16-22-10-6-4-7-11-22/h4-15,17-18,26-27,35H,16,19-21H2,1-3H3,(H,34,38)/t26-,27+/m1/s1. The summed E-state index contributed by atoms with van der Waals surface area (Å²) in [6, 6.07) is 25.3. The zero-order valence-electron chi connectivity index (χ0n) is 23.5. The number of hydrogen-bond acceptors (Lipinski definition) is 7. The predicted molar refractivity (Wildman–Crippen MR) is 153 cm³/mol. The smallest absolute Gasteiger partial charge is 0.408 e. The molecule has 0 saturated carbocycles. The van der Waals surface area contributed by atoms with Crippen molar-refractivity contribution in [3.05, 3.63) is 113 Å². The molecule has 0 spiro atoms. The quantitative estimate of drug-likeness (QED) is 0.144. The Morgan fingerprint density at radius 2 is 1.51 bits per heavy atom. The number of ketones is 1. The van der Waals surface area contributed by atoms with Crippen LogP contribution in [-0.4, -0.2) is 40.7 Å². The third kappa shape index (κ3) is 8.45. The minimum atomic E-state index is -1.11. The highest BCUT2D eigenvalue weighted by molar-refractivity contribution is 6.23. The van der Waals surface area contributed by atoms with Gasteiger partial charge in [-0.1, -0.05) is 72.8 Å². The zero-order chi connectivity index (χ0) is 29.4. The Morgan fingerprint density at radius 1 is 0.902 bits per heavy atom. The molecule has 3 aromatic carbocycles. The number of aliphatic hydroxyl groups is 1. The first-order chi connectivity index (χ1) is 19.6. The number of Topliss-reactive ketones (excluding diaryl/α,β-unsaturated/α-hetero) is 1. The van der Waals surface area contributed by atoms with Crippen molar-refractivity contribution in [1.29, 1.82) is 0 Å². The van der Waals surface area contributed by atoms with Gasteiger partial charge in [-0.3, -0.25) is 4.79 Å². The molecule has 8 nitrogen and oxygen atoms in total. The van der Waals surface area contributed by atoms with Crippen molar-refractivity contribution < 1.29 is 33.7 Å². The van der Waals surface area contributed by atoms with Crippen molar-refractivity contribution in [3.8, 4) is 5.75 Å². The van der Waals surface area contributed by atoms with E-state index >= 15 is 0 Å². The number of esters is 1. The van der Waals surface area contributed by atoms with Gasteiger partial charge >= 0.3 is 12.1 Å². The molecule has 0 radical (unpaired) electrons. The summed E-state index contributed by atoms with van der Waals surface area (Å²) in [6.07, 6.45) is -0.917. The average molecular weight is 558 g/mol. The number of carbonyl (C=O) groups excluding carboxylic acids is 3. The van der Waals surface area contributed by atoms with E-state index in [0.717, 1.165) is 16.7 Å². The molecule has 2 atom stereocenters. The number of rotatable bonds is 10. The van der Waals surface area contributed by atoms with Crippen molar-refractivity contribution in [2.45, 2.75) is 64.4 Å². The fraction of sp³-hybridized carbons (Fsp3) is 0.303. The van der Waals surface area contributed by atoms with E-state index in [1.165, 1.54) is 0 Å². The Hall–Kier alpha value is -4.59. The highest BCUT2D eigenvalue weighted by Gasteiger charge is 2.42. The molecular formula is C33H35NO7. The van der Waals surface area contributed by atoms with Crippen LogP contribution in [-0.2, 0) is 38.5 Å². The number of aliphatic hydroxyl groups excluding tert-OH is 1. The molecule has 8 heteroatoms. The minimum Gasteiger partial charge on any atom is -0.509 e. The van der Waals surface area contributed by atoms with E-state index in [1.54, 1.807) is 45.0 Å². The van der Waals surface area contributed by atoms with Gasteiger partial charge in [0.2, 0.25) is 5.78 Å². The van der Waals surface area contributed by atoms with Crippen LogP contribution in [0.15, 0.2) is 96.3 Å². The van der Waals surface area contributed by atoms with Gasteiger partial charge in [-0.25, -0.2) is 9.59 Å².